The van der Waals surface area contributed by atoms with Gasteiger partial charge >= 0.3 is 0 Å². The van der Waals surface area contributed by atoms with Gasteiger partial charge in [-0.25, -0.2) is 12.7 Å². The summed E-state index contributed by atoms with van der Waals surface area (Å²) in [4.78, 5) is 14.5. The summed E-state index contributed by atoms with van der Waals surface area (Å²) in [7, 11) is -0.471. The van der Waals surface area contributed by atoms with Crippen LogP contribution in [0.2, 0.25) is 0 Å². The lowest BCUT2D eigenvalue weighted by Crippen LogP contribution is -2.29. The maximum Gasteiger partial charge on any atom is 0.253 e. The van der Waals surface area contributed by atoms with E-state index in [1.54, 1.807) is 10.9 Å². The minimum absolute atomic E-state index is 0.0411. The van der Waals surface area contributed by atoms with Crippen molar-refractivity contribution >= 4 is 15.9 Å². The molecule has 1 saturated heterocycles. The van der Waals surface area contributed by atoms with Crippen LogP contribution in [0.25, 0.3) is 0 Å². The van der Waals surface area contributed by atoms with Crippen LogP contribution in [0.5, 0.6) is 0 Å². The molecule has 8 heteroatoms. The van der Waals surface area contributed by atoms with Crippen molar-refractivity contribution in [3.8, 4) is 0 Å². The summed E-state index contributed by atoms with van der Waals surface area (Å²) >= 11 is 0. The molecule has 0 saturated carbocycles. The Balaban J connectivity index is 1.63. The van der Waals surface area contributed by atoms with Crippen molar-refractivity contribution in [2.45, 2.75) is 17.9 Å². The van der Waals surface area contributed by atoms with Crippen LogP contribution in [0.3, 0.4) is 0 Å². The molecule has 0 N–H and O–H groups in total. The number of carbonyl (C=O) groups excluding carboxylic acids is 1. The monoisotopic (exact) mass is 362 g/mol. The standard InChI is InChI=1S/C17H22N4O3S/c1-19(2)25(23,24)16-10-18-21(13-16)12-14-8-9-20(11-14)17(22)15-6-4-3-5-7-15/h3-7,10,13-14H,8-9,11-12H2,1-2H3. The van der Waals surface area contributed by atoms with E-state index in [2.05, 4.69) is 5.10 Å². The van der Waals surface area contributed by atoms with E-state index in [1.165, 1.54) is 24.6 Å². The zero-order valence-electron chi connectivity index (χ0n) is 14.4. The van der Waals surface area contributed by atoms with E-state index in [0.717, 1.165) is 6.42 Å². The van der Waals surface area contributed by atoms with Gasteiger partial charge in [0.05, 0.1) is 6.20 Å². The number of carbonyl (C=O) groups is 1. The van der Waals surface area contributed by atoms with E-state index in [4.69, 9.17) is 0 Å². The summed E-state index contributed by atoms with van der Waals surface area (Å²) in [5.74, 6) is 0.307. The molecule has 7 nitrogen and oxygen atoms in total. The molecule has 1 amide bonds. The molecular formula is C17H22N4O3S. The zero-order valence-corrected chi connectivity index (χ0v) is 15.2. The van der Waals surface area contributed by atoms with E-state index in [0.29, 0.717) is 25.2 Å². The molecule has 2 aromatic rings. The molecule has 1 unspecified atom stereocenters. The summed E-state index contributed by atoms with van der Waals surface area (Å²) < 4.78 is 27.0. The molecule has 1 aromatic heterocycles. The van der Waals surface area contributed by atoms with Crippen molar-refractivity contribution < 1.29 is 13.2 Å². The van der Waals surface area contributed by atoms with Crippen LogP contribution in [0.15, 0.2) is 47.6 Å². The number of likely N-dealkylation sites (tertiary alicyclic amines) is 1. The van der Waals surface area contributed by atoms with E-state index in [-0.39, 0.29) is 16.7 Å². The summed E-state index contributed by atoms with van der Waals surface area (Å²) in [5.41, 5.74) is 0.696. The van der Waals surface area contributed by atoms with Gasteiger partial charge in [-0.3, -0.25) is 9.48 Å². The highest BCUT2D eigenvalue weighted by atomic mass is 32.2. The molecule has 0 aliphatic carbocycles. The van der Waals surface area contributed by atoms with Crippen molar-refractivity contribution in [1.29, 1.82) is 0 Å². The van der Waals surface area contributed by atoms with Crippen LogP contribution in [0, 0.1) is 5.92 Å². The zero-order chi connectivity index (χ0) is 18.0. The second-order valence-electron chi connectivity index (χ2n) is 6.46. The van der Waals surface area contributed by atoms with E-state index < -0.39 is 10.0 Å². The SMILES string of the molecule is CN(C)S(=O)(=O)c1cnn(CC2CCN(C(=O)c3ccccc3)C2)c1. The van der Waals surface area contributed by atoms with E-state index in [1.807, 2.05) is 35.2 Å². The average Bonchev–Trinajstić information content (AvgIpc) is 3.25. The van der Waals surface area contributed by atoms with Gasteiger partial charge in [0.2, 0.25) is 10.0 Å². The highest BCUT2D eigenvalue weighted by Crippen LogP contribution is 2.21. The van der Waals surface area contributed by atoms with Gasteiger partial charge in [-0.15, -0.1) is 0 Å². The Morgan fingerprint density at radius 3 is 2.68 bits per heavy atom. The van der Waals surface area contributed by atoms with Gasteiger partial charge in [0.1, 0.15) is 4.90 Å². The molecule has 3 rings (SSSR count). The molecule has 1 aliphatic rings. The van der Waals surface area contributed by atoms with Gasteiger partial charge in [-0.1, -0.05) is 18.2 Å². The third-order valence-electron chi connectivity index (χ3n) is 4.43. The molecule has 1 aliphatic heterocycles. The quantitative estimate of drug-likeness (QED) is 0.803. The number of rotatable bonds is 5. The lowest BCUT2D eigenvalue weighted by molar-refractivity contribution is 0.0785. The second kappa shape index (κ2) is 6.97. The summed E-state index contributed by atoms with van der Waals surface area (Å²) in [5, 5.41) is 4.16. The number of amides is 1. The summed E-state index contributed by atoms with van der Waals surface area (Å²) in [6, 6.07) is 9.25. The molecule has 1 fully saturated rings. The minimum Gasteiger partial charge on any atom is -0.338 e. The van der Waals surface area contributed by atoms with Crippen LogP contribution in [-0.2, 0) is 16.6 Å². The molecule has 0 radical (unpaired) electrons. The van der Waals surface area contributed by atoms with Crippen LogP contribution < -0.4 is 0 Å². The molecular weight excluding hydrogens is 340 g/mol. The van der Waals surface area contributed by atoms with Crippen molar-refractivity contribution in [3.63, 3.8) is 0 Å². The fraction of sp³-hybridized carbons (Fsp3) is 0.412. The van der Waals surface area contributed by atoms with Crippen molar-refractivity contribution in [2.75, 3.05) is 27.2 Å². The molecule has 0 spiro atoms. The summed E-state index contributed by atoms with van der Waals surface area (Å²) in [6.45, 7) is 1.97. The number of aromatic nitrogens is 2. The van der Waals surface area contributed by atoms with Crippen LogP contribution in [0.1, 0.15) is 16.8 Å². The maximum absolute atomic E-state index is 12.5. The highest BCUT2D eigenvalue weighted by molar-refractivity contribution is 7.89. The second-order valence-corrected chi connectivity index (χ2v) is 8.61. The molecule has 0 bridgehead atoms. The van der Waals surface area contributed by atoms with Crippen molar-refractivity contribution in [2.24, 2.45) is 5.92 Å². The van der Waals surface area contributed by atoms with E-state index in [9.17, 15) is 13.2 Å². The lowest BCUT2D eigenvalue weighted by atomic mass is 10.1. The van der Waals surface area contributed by atoms with Crippen LogP contribution in [0.4, 0.5) is 0 Å². The average molecular weight is 362 g/mol. The largest absolute Gasteiger partial charge is 0.338 e. The third kappa shape index (κ3) is 3.74. The molecule has 1 aromatic carbocycles. The van der Waals surface area contributed by atoms with Crippen LogP contribution in [-0.4, -0.2) is 60.5 Å². The number of hydrogen-bond acceptors (Lipinski definition) is 4. The topological polar surface area (TPSA) is 75.5 Å². The fourth-order valence-electron chi connectivity index (χ4n) is 2.98. The Morgan fingerprint density at radius 1 is 1.28 bits per heavy atom. The number of hydrogen-bond donors (Lipinski definition) is 0. The first kappa shape index (κ1) is 17.6. The van der Waals surface area contributed by atoms with Crippen LogP contribution >= 0.6 is 0 Å². The van der Waals surface area contributed by atoms with Gasteiger partial charge in [0.25, 0.3) is 5.91 Å². The third-order valence-corrected chi connectivity index (χ3v) is 6.20. The van der Waals surface area contributed by atoms with Gasteiger partial charge in [-0.2, -0.15) is 5.10 Å². The predicted molar refractivity (Wildman–Crippen MR) is 93.6 cm³/mol. The number of benzene rings is 1. The smallest absolute Gasteiger partial charge is 0.253 e. The predicted octanol–water partition coefficient (Wildman–Crippen LogP) is 1.30. The van der Waals surface area contributed by atoms with Gasteiger partial charge in [-0.05, 0) is 24.5 Å². The normalized spacial score (nSPS) is 18.0. The first-order valence-corrected chi connectivity index (χ1v) is 9.61. The van der Waals surface area contributed by atoms with Gasteiger partial charge in [0, 0.05) is 45.5 Å². The lowest BCUT2D eigenvalue weighted by Gasteiger charge is -2.16. The first-order chi connectivity index (χ1) is 11.9. The Labute approximate surface area is 147 Å². The first-order valence-electron chi connectivity index (χ1n) is 8.17. The molecule has 1 atom stereocenters. The van der Waals surface area contributed by atoms with E-state index >= 15 is 0 Å². The Kier molecular flexibility index (Phi) is 4.91. The maximum atomic E-state index is 12.5. The van der Waals surface area contributed by atoms with Gasteiger partial charge < -0.3 is 4.90 Å². The molecule has 25 heavy (non-hydrogen) atoms. The molecule has 2 heterocycles. The minimum atomic E-state index is -3.46. The van der Waals surface area contributed by atoms with Crippen molar-refractivity contribution in [3.05, 3.63) is 48.3 Å². The molecule has 134 valence electrons. The Hall–Kier alpha value is -2.19. The van der Waals surface area contributed by atoms with Crippen molar-refractivity contribution in [1.82, 2.24) is 19.0 Å². The Bertz CT molecular complexity index is 846. The fourth-order valence-corrected chi connectivity index (χ4v) is 3.84. The summed E-state index contributed by atoms with van der Waals surface area (Å²) in [6.07, 6.45) is 3.81. The number of nitrogens with zero attached hydrogens (tertiary/aromatic N) is 4. The Morgan fingerprint density at radius 2 is 2.00 bits per heavy atom. The highest BCUT2D eigenvalue weighted by Gasteiger charge is 2.28. The number of sulfonamides is 1. The van der Waals surface area contributed by atoms with Gasteiger partial charge in [0.15, 0.2) is 0 Å².